The van der Waals surface area contributed by atoms with E-state index in [2.05, 4.69) is 12.7 Å². The number of phenols is 1. The van der Waals surface area contributed by atoms with Gasteiger partial charge in [0.15, 0.2) is 0 Å². The van der Waals surface area contributed by atoms with Gasteiger partial charge in [-0.25, -0.2) is 0 Å². The van der Waals surface area contributed by atoms with Crippen molar-refractivity contribution >= 4 is 5.78 Å². The molecule has 1 aromatic rings. The monoisotopic (exact) mass is 389 g/mol. The number of carbonyl (C=O) groups is 1. The molecule has 0 heterocycles. The Morgan fingerprint density at radius 2 is 2.00 bits per heavy atom. The summed E-state index contributed by atoms with van der Waals surface area (Å²) in [5.74, 6) is 0.500. The largest absolute Gasteiger partial charge is 0.565 e. The first-order valence-electron chi connectivity index (χ1n) is 4.84. The summed E-state index contributed by atoms with van der Waals surface area (Å²) in [7, 11) is 0. The van der Waals surface area contributed by atoms with Gasteiger partial charge in [-0.1, -0.05) is 26.0 Å². The van der Waals surface area contributed by atoms with Gasteiger partial charge in [0.2, 0.25) is 0 Å². The van der Waals surface area contributed by atoms with E-state index >= 15 is 0 Å². The third kappa shape index (κ3) is 6.57. The summed E-state index contributed by atoms with van der Waals surface area (Å²) in [4.78, 5) is 9.81. The van der Waals surface area contributed by atoms with Gasteiger partial charge in [-0.3, -0.25) is 0 Å². The van der Waals surface area contributed by atoms with E-state index in [4.69, 9.17) is 0 Å². The summed E-state index contributed by atoms with van der Waals surface area (Å²) < 4.78 is 0. The minimum Gasteiger partial charge on any atom is -0.565 e. The van der Waals surface area contributed by atoms with Crippen molar-refractivity contribution in [3.8, 4) is 5.75 Å². The molecule has 1 aromatic carbocycles. The van der Waals surface area contributed by atoms with Crippen LogP contribution in [0.3, 0.4) is 0 Å². The molecule has 0 aliphatic carbocycles. The van der Waals surface area contributed by atoms with Crippen LogP contribution in [0.4, 0.5) is 0 Å². The summed E-state index contributed by atoms with van der Waals surface area (Å²) in [6.07, 6.45) is 3.33. The fraction of sp³-hybridized carbons (Fsp3) is 0.308. The Balaban J connectivity index is 0. The van der Waals surface area contributed by atoms with Crippen molar-refractivity contribution in [3.63, 3.8) is 0 Å². The summed E-state index contributed by atoms with van der Waals surface area (Å²) in [6.45, 7) is 8.81. The van der Waals surface area contributed by atoms with Gasteiger partial charge >= 0.3 is 0 Å². The van der Waals surface area contributed by atoms with Gasteiger partial charge in [-0.05, 0) is 6.92 Å². The third-order valence-electron chi connectivity index (χ3n) is 1.93. The fourth-order valence-corrected chi connectivity index (χ4v) is 0.882. The zero-order chi connectivity index (χ0) is 11.8. The van der Waals surface area contributed by atoms with Crippen LogP contribution in [0.2, 0.25) is 0 Å². The SMILES string of the molecule is C=[C-]c1c(C)cccc1O.CCC(C)=O.[W]. The molecule has 0 saturated carbocycles. The molecule has 1 N–H and O–H groups in total. The van der Waals surface area contributed by atoms with Crippen LogP contribution in [0.25, 0.3) is 0 Å². The van der Waals surface area contributed by atoms with Crippen molar-refractivity contribution in [1.29, 1.82) is 0 Å². The van der Waals surface area contributed by atoms with Gasteiger partial charge in [0.05, 0.1) is 0 Å². The van der Waals surface area contributed by atoms with Crippen LogP contribution in [-0.4, -0.2) is 10.9 Å². The quantitative estimate of drug-likeness (QED) is 0.790. The van der Waals surface area contributed by atoms with Crippen LogP contribution in [-0.2, 0) is 25.9 Å². The Morgan fingerprint density at radius 1 is 1.50 bits per heavy atom. The smallest absolute Gasteiger partial charge is 0.129 e. The summed E-state index contributed by atoms with van der Waals surface area (Å²) >= 11 is 0. The molecule has 0 amide bonds. The van der Waals surface area contributed by atoms with Crippen LogP contribution >= 0.6 is 0 Å². The molecule has 88 valence electrons. The molecule has 0 unspecified atom stereocenters. The molecule has 2 nitrogen and oxygen atoms in total. The van der Waals surface area contributed by atoms with Crippen molar-refractivity contribution in [2.75, 3.05) is 0 Å². The number of hydrogen-bond donors (Lipinski definition) is 1. The molecule has 3 heteroatoms. The molecule has 0 bridgehead atoms. The number of ketones is 1. The van der Waals surface area contributed by atoms with Crippen molar-refractivity contribution in [2.45, 2.75) is 27.2 Å². The molecule has 0 fully saturated rings. The molecule has 0 aliphatic rings. The number of Topliss-reactive ketones (excluding diaryl/α,β-unsaturated/α-hetero) is 1. The first-order valence-corrected chi connectivity index (χ1v) is 4.84. The van der Waals surface area contributed by atoms with Gasteiger partial charge in [0.1, 0.15) is 5.78 Å². The van der Waals surface area contributed by atoms with E-state index in [1.54, 1.807) is 19.1 Å². The molecule has 0 aliphatic heterocycles. The number of benzene rings is 1. The predicted molar refractivity (Wildman–Crippen MR) is 61.8 cm³/mol. The first kappa shape index (κ1) is 17.5. The van der Waals surface area contributed by atoms with E-state index in [0.717, 1.165) is 5.56 Å². The average molecular weight is 389 g/mol. The van der Waals surface area contributed by atoms with Crippen LogP contribution in [0.15, 0.2) is 24.8 Å². The first-order chi connectivity index (χ1) is 7.02. The minimum atomic E-state index is 0. The second kappa shape index (κ2) is 9.35. The van der Waals surface area contributed by atoms with Gasteiger partial charge in [-0.15, -0.1) is 17.2 Å². The number of rotatable bonds is 2. The third-order valence-corrected chi connectivity index (χ3v) is 1.93. The molecule has 0 atom stereocenters. The van der Waals surface area contributed by atoms with Gasteiger partial charge in [-0.2, -0.15) is 12.7 Å². The maximum atomic E-state index is 9.81. The van der Waals surface area contributed by atoms with Crippen LogP contribution in [0.1, 0.15) is 31.4 Å². The van der Waals surface area contributed by atoms with Gasteiger partial charge in [0, 0.05) is 33.2 Å². The normalized spacial score (nSPS) is 8.19. The molecular formula is C13H17O2W-. The van der Waals surface area contributed by atoms with Crippen LogP contribution in [0.5, 0.6) is 5.75 Å². The zero-order valence-corrected chi connectivity index (χ0v) is 12.8. The van der Waals surface area contributed by atoms with Crippen molar-refractivity contribution in [1.82, 2.24) is 0 Å². The van der Waals surface area contributed by atoms with Crippen molar-refractivity contribution in [3.05, 3.63) is 42.0 Å². The molecule has 0 aromatic heterocycles. The van der Waals surface area contributed by atoms with Crippen molar-refractivity contribution < 1.29 is 31.0 Å². The van der Waals surface area contributed by atoms with E-state index in [1.807, 2.05) is 19.9 Å². The van der Waals surface area contributed by atoms with E-state index in [0.29, 0.717) is 12.0 Å². The number of carbonyl (C=O) groups excluding carboxylic acids is 1. The Labute approximate surface area is 112 Å². The maximum absolute atomic E-state index is 9.81. The molecular weight excluding hydrogens is 372 g/mol. The zero-order valence-electron chi connectivity index (χ0n) is 9.91. The van der Waals surface area contributed by atoms with Crippen molar-refractivity contribution in [2.24, 2.45) is 0 Å². The maximum Gasteiger partial charge on any atom is 0.129 e. The standard InChI is InChI=1S/C9H9O.C4H8O.W/c1-3-8-7(2)5-4-6-9(8)10;1-3-4(2)5;/h4-6,10H,1H2,2H3;3H2,1-2H3;/q-1;;. The molecule has 0 saturated heterocycles. The Hall–Kier alpha value is -0.882. The summed E-state index contributed by atoms with van der Waals surface area (Å²) in [5.41, 5.74) is 1.69. The molecule has 1 rings (SSSR count). The Bertz CT molecular complexity index is 326. The molecule has 16 heavy (non-hydrogen) atoms. The fourth-order valence-electron chi connectivity index (χ4n) is 0.882. The molecule has 0 radical (unpaired) electrons. The second-order valence-electron chi connectivity index (χ2n) is 3.20. The van der Waals surface area contributed by atoms with Crippen LogP contribution in [0, 0.1) is 13.0 Å². The van der Waals surface area contributed by atoms with E-state index < -0.39 is 0 Å². The van der Waals surface area contributed by atoms with E-state index in [9.17, 15) is 9.90 Å². The summed E-state index contributed by atoms with van der Waals surface area (Å²) in [6, 6.07) is 5.33. The van der Waals surface area contributed by atoms with Gasteiger partial charge < -0.3 is 9.90 Å². The number of aromatic hydroxyl groups is 1. The Morgan fingerprint density at radius 3 is 2.25 bits per heavy atom. The number of aryl methyl sites for hydroxylation is 1. The Kier molecular flexibility index (Phi) is 10.2. The minimum absolute atomic E-state index is 0. The van der Waals surface area contributed by atoms with E-state index in [1.165, 1.54) is 0 Å². The van der Waals surface area contributed by atoms with Gasteiger partial charge in [0.25, 0.3) is 0 Å². The number of phenolic OH excluding ortho intramolecular Hbond substituents is 1. The topological polar surface area (TPSA) is 37.3 Å². The molecule has 0 spiro atoms. The average Bonchev–Trinajstić information content (AvgIpc) is 2.19. The predicted octanol–water partition coefficient (Wildman–Crippen LogP) is 3.02. The number of hydrogen-bond acceptors (Lipinski definition) is 2. The van der Waals surface area contributed by atoms with Crippen LogP contribution < -0.4 is 0 Å². The van der Waals surface area contributed by atoms with E-state index in [-0.39, 0.29) is 32.6 Å². The summed E-state index contributed by atoms with van der Waals surface area (Å²) in [5, 5.41) is 9.19. The second-order valence-corrected chi connectivity index (χ2v) is 3.20.